The molecule has 2 nitrogen and oxygen atoms in total. The molecule has 0 saturated carbocycles. The fourth-order valence-corrected chi connectivity index (χ4v) is 2.02. The number of aliphatic hydroxyl groups excluding tert-OH is 1. The quantitative estimate of drug-likeness (QED) is 0.798. The monoisotopic (exact) mass is 273 g/mol. The predicted octanol–water partition coefficient (Wildman–Crippen LogP) is 3.37. The zero-order chi connectivity index (χ0) is 13.6. The first-order chi connectivity index (χ1) is 8.56. The van der Waals surface area contributed by atoms with Crippen molar-refractivity contribution in [1.82, 2.24) is 5.32 Å². The highest BCUT2D eigenvalue weighted by molar-refractivity contribution is 6.30. The molecule has 0 saturated heterocycles. The normalized spacial score (nSPS) is 11.8. The highest BCUT2D eigenvalue weighted by Gasteiger charge is 2.24. The second-order valence-corrected chi connectivity index (χ2v) is 5.12. The lowest BCUT2D eigenvalue weighted by molar-refractivity contribution is 0.113. The van der Waals surface area contributed by atoms with Gasteiger partial charge in [0.25, 0.3) is 0 Å². The third kappa shape index (κ3) is 3.94. The lowest BCUT2D eigenvalue weighted by atomic mass is 9.83. The van der Waals surface area contributed by atoms with Crippen LogP contribution in [0.5, 0.6) is 0 Å². The summed E-state index contributed by atoms with van der Waals surface area (Å²) in [7, 11) is 0. The molecule has 0 heterocycles. The maximum Gasteiger partial charge on any atom is 0.142 e. The molecular weight excluding hydrogens is 253 g/mol. The second-order valence-electron chi connectivity index (χ2n) is 4.72. The minimum absolute atomic E-state index is 0.0784. The molecule has 0 aliphatic heterocycles. The second kappa shape index (κ2) is 7.07. The number of rotatable bonds is 7. The van der Waals surface area contributed by atoms with E-state index in [0.29, 0.717) is 6.54 Å². The summed E-state index contributed by atoms with van der Waals surface area (Å²) in [5.41, 5.74) is 0.779. The third-order valence-corrected chi connectivity index (χ3v) is 3.96. The van der Waals surface area contributed by atoms with Crippen LogP contribution in [0.25, 0.3) is 0 Å². The Balaban J connectivity index is 2.52. The Labute approximate surface area is 113 Å². The smallest absolute Gasteiger partial charge is 0.142 e. The number of benzene rings is 1. The van der Waals surface area contributed by atoms with Crippen LogP contribution in [-0.2, 0) is 6.54 Å². The van der Waals surface area contributed by atoms with Crippen molar-refractivity contribution in [3.63, 3.8) is 0 Å². The van der Waals surface area contributed by atoms with E-state index in [1.54, 1.807) is 12.1 Å². The molecule has 0 bridgehead atoms. The van der Waals surface area contributed by atoms with Crippen molar-refractivity contribution in [3.05, 3.63) is 34.6 Å². The van der Waals surface area contributed by atoms with Crippen LogP contribution < -0.4 is 5.32 Å². The maximum absolute atomic E-state index is 13.2. The lowest BCUT2D eigenvalue weighted by Crippen LogP contribution is -2.36. The Hall–Kier alpha value is -0.640. The fraction of sp³-hybridized carbons (Fsp3) is 0.571. The molecule has 0 aliphatic rings. The Bertz CT molecular complexity index is 372. The fourth-order valence-electron chi connectivity index (χ4n) is 1.90. The minimum atomic E-state index is -0.393. The van der Waals surface area contributed by atoms with Gasteiger partial charge in [0.05, 0.1) is 5.02 Å². The summed E-state index contributed by atoms with van der Waals surface area (Å²) in [5.74, 6) is -0.393. The Morgan fingerprint density at radius 1 is 1.33 bits per heavy atom. The van der Waals surface area contributed by atoms with Gasteiger partial charge in [0, 0.05) is 25.1 Å². The van der Waals surface area contributed by atoms with Crippen LogP contribution in [0, 0.1) is 11.2 Å². The molecule has 0 spiro atoms. The van der Waals surface area contributed by atoms with Crippen molar-refractivity contribution in [1.29, 1.82) is 0 Å². The average molecular weight is 274 g/mol. The summed E-state index contributed by atoms with van der Waals surface area (Å²) in [6.07, 6.45) is 1.84. The summed E-state index contributed by atoms with van der Waals surface area (Å²) in [6, 6.07) is 4.80. The van der Waals surface area contributed by atoms with Crippen LogP contribution in [0.4, 0.5) is 4.39 Å². The van der Waals surface area contributed by atoms with Crippen LogP contribution in [0.2, 0.25) is 5.02 Å². The van der Waals surface area contributed by atoms with Gasteiger partial charge in [-0.3, -0.25) is 0 Å². The van der Waals surface area contributed by atoms with Crippen molar-refractivity contribution in [3.8, 4) is 0 Å². The Morgan fingerprint density at radius 3 is 2.50 bits per heavy atom. The van der Waals surface area contributed by atoms with E-state index in [9.17, 15) is 9.50 Å². The maximum atomic E-state index is 13.2. The molecule has 2 N–H and O–H groups in total. The molecule has 1 rings (SSSR count). The van der Waals surface area contributed by atoms with Gasteiger partial charge in [0.15, 0.2) is 0 Å². The first-order valence-electron chi connectivity index (χ1n) is 6.32. The number of aliphatic hydroxyl groups is 1. The van der Waals surface area contributed by atoms with E-state index in [2.05, 4.69) is 19.2 Å². The minimum Gasteiger partial charge on any atom is -0.396 e. The first kappa shape index (κ1) is 15.4. The Morgan fingerprint density at radius 2 is 2.00 bits per heavy atom. The van der Waals surface area contributed by atoms with Crippen LogP contribution >= 0.6 is 11.6 Å². The van der Waals surface area contributed by atoms with E-state index in [4.69, 9.17) is 11.6 Å². The zero-order valence-corrected chi connectivity index (χ0v) is 11.7. The van der Waals surface area contributed by atoms with E-state index >= 15 is 0 Å². The van der Waals surface area contributed by atoms with Gasteiger partial charge in [-0.1, -0.05) is 31.5 Å². The van der Waals surface area contributed by atoms with E-state index in [1.807, 2.05) is 0 Å². The molecular formula is C14H21ClFNO. The molecule has 1 aromatic carbocycles. The number of hydrogen-bond donors (Lipinski definition) is 2. The van der Waals surface area contributed by atoms with Gasteiger partial charge in [0.2, 0.25) is 0 Å². The van der Waals surface area contributed by atoms with Crippen LogP contribution in [-0.4, -0.2) is 18.3 Å². The topological polar surface area (TPSA) is 32.3 Å². The van der Waals surface area contributed by atoms with E-state index in [1.165, 1.54) is 6.07 Å². The molecule has 1 aromatic rings. The standard InChI is InChI=1S/C14H21ClFNO/c1-3-14(4-2,10-18)9-17-8-11-5-6-12(15)13(16)7-11/h5-7,17-18H,3-4,8-10H2,1-2H3. The molecule has 102 valence electrons. The van der Waals surface area contributed by atoms with Crippen LogP contribution in [0.15, 0.2) is 18.2 Å². The summed E-state index contributed by atoms with van der Waals surface area (Å²) in [5, 5.41) is 12.9. The highest BCUT2D eigenvalue weighted by Crippen LogP contribution is 2.24. The van der Waals surface area contributed by atoms with E-state index in [-0.39, 0.29) is 17.0 Å². The molecule has 4 heteroatoms. The van der Waals surface area contributed by atoms with Crippen molar-refractivity contribution < 1.29 is 9.50 Å². The molecule has 0 fully saturated rings. The van der Waals surface area contributed by atoms with E-state index in [0.717, 1.165) is 24.9 Å². The number of hydrogen-bond acceptors (Lipinski definition) is 2. The van der Waals surface area contributed by atoms with Crippen LogP contribution in [0.1, 0.15) is 32.3 Å². The molecule has 0 aliphatic carbocycles. The molecule has 18 heavy (non-hydrogen) atoms. The van der Waals surface area contributed by atoms with Gasteiger partial charge >= 0.3 is 0 Å². The van der Waals surface area contributed by atoms with Gasteiger partial charge in [-0.05, 0) is 30.5 Å². The summed E-state index contributed by atoms with van der Waals surface area (Å²) in [4.78, 5) is 0. The van der Waals surface area contributed by atoms with Crippen LogP contribution in [0.3, 0.4) is 0 Å². The van der Waals surface area contributed by atoms with Gasteiger partial charge in [-0.2, -0.15) is 0 Å². The molecule has 0 radical (unpaired) electrons. The molecule has 0 aromatic heterocycles. The molecule has 0 atom stereocenters. The number of nitrogens with one attached hydrogen (secondary N) is 1. The van der Waals surface area contributed by atoms with Crippen molar-refractivity contribution in [2.75, 3.05) is 13.2 Å². The van der Waals surface area contributed by atoms with Gasteiger partial charge in [-0.15, -0.1) is 0 Å². The number of halogens is 2. The summed E-state index contributed by atoms with van der Waals surface area (Å²) < 4.78 is 13.2. The van der Waals surface area contributed by atoms with Crippen molar-refractivity contribution in [2.45, 2.75) is 33.2 Å². The summed E-state index contributed by atoms with van der Waals surface area (Å²) >= 11 is 5.63. The largest absolute Gasteiger partial charge is 0.396 e. The van der Waals surface area contributed by atoms with Crippen molar-refractivity contribution >= 4 is 11.6 Å². The lowest BCUT2D eigenvalue weighted by Gasteiger charge is -2.29. The Kier molecular flexibility index (Phi) is 6.06. The molecule has 0 amide bonds. The van der Waals surface area contributed by atoms with E-state index < -0.39 is 5.82 Å². The SMILES string of the molecule is CCC(CC)(CO)CNCc1ccc(Cl)c(F)c1. The first-order valence-corrected chi connectivity index (χ1v) is 6.70. The average Bonchev–Trinajstić information content (AvgIpc) is 2.39. The van der Waals surface area contributed by atoms with Gasteiger partial charge in [-0.25, -0.2) is 4.39 Å². The highest BCUT2D eigenvalue weighted by atomic mass is 35.5. The van der Waals surface area contributed by atoms with Gasteiger partial charge in [0.1, 0.15) is 5.82 Å². The molecule has 0 unspecified atom stereocenters. The third-order valence-electron chi connectivity index (χ3n) is 3.65. The van der Waals surface area contributed by atoms with Crippen molar-refractivity contribution in [2.24, 2.45) is 5.41 Å². The summed E-state index contributed by atoms with van der Waals surface area (Å²) in [6.45, 7) is 5.62. The van der Waals surface area contributed by atoms with Gasteiger partial charge < -0.3 is 10.4 Å². The predicted molar refractivity (Wildman–Crippen MR) is 73.2 cm³/mol. The zero-order valence-electron chi connectivity index (χ0n) is 11.0.